The van der Waals surface area contributed by atoms with Crippen LogP contribution in [0.1, 0.15) is 46.3 Å². The molecule has 0 saturated carbocycles. The van der Waals surface area contributed by atoms with Crippen molar-refractivity contribution in [3.63, 3.8) is 0 Å². The fourth-order valence-electron chi connectivity index (χ4n) is 4.42. The predicted molar refractivity (Wildman–Crippen MR) is 143 cm³/mol. The first-order chi connectivity index (χ1) is 16.9. The topological polar surface area (TPSA) is 88.1 Å². The first kappa shape index (κ1) is 25.9. The average molecular weight is 526 g/mol. The van der Waals surface area contributed by atoms with Crippen LogP contribution in [-0.4, -0.2) is 38.2 Å². The number of benzene rings is 3. The van der Waals surface area contributed by atoms with Gasteiger partial charge in [0.1, 0.15) is 10.6 Å². The highest BCUT2D eigenvalue weighted by atomic mass is 35.5. The molecule has 0 bridgehead atoms. The van der Waals surface area contributed by atoms with Crippen molar-refractivity contribution in [3.05, 3.63) is 89.0 Å². The first-order valence-electron chi connectivity index (χ1n) is 11.7. The Morgan fingerprint density at radius 3 is 2.47 bits per heavy atom. The summed E-state index contributed by atoms with van der Waals surface area (Å²) < 4.78 is 34.6. The number of esters is 1. The van der Waals surface area contributed by atoms with Gasteiger partial charge in [-0.1, -0.05) is 36.2 Å². The van der Waals surface area contributed by atoms with Crippen LogP contribution < -0.4 is 10.1 Å². The maximum atomic E-state index is 12.8. The molecule has 0 amide bonds. The monoisotopic (exact) mass is 525 g/mol. The van der Waals surface area contributed by atoms with E-state index in [1.807, 2.05) is 25.1 Å². The summed E-state index contributed by atoms with van der Waals surface area (Å²) in [5, 5.41) is 3.16. The van der Waals surface area contributed by atoms with Crippen LogP contribution >= 0.6 is 12.4 Å². The number of nitrogens with one attached hydrogen (secondary N) is 1. The molecular formula is C27H28ClN3O4S. The lowest BCUT2D eigenvalue weighted by Crippen LogP contribution is -2.29. The summed E-state index contributed by atoms with van der Waals surface area (Å²) in [6.07, 6.45) is 3.50. The summed E-state index contributed by atoms with van der Waals surface area (Å²) in [7, 11) is -3.72. The Bertz CT molecular complexity index is 1400. The van der Waals surface area contributed by atoms with E-state index in [4.69, 9.17) is 4.74 Å². The second-order valence-corrected chi connectivity index (χ2v) is 10.5. The number of amidine groups is 1. The molecule has 0 aromatic heterocycles. The molecule has 2 heterocycles. The van der Waals surface area contributed by atoms with Gasteiger partial charge in [-0.05, 0) is 75.3 Å². The molecule has 0 aliphatic carbocycles. The quantitative estimate of drug-likeness (QED) is 0.364. The summed E-state index contributed by atoms with van der Waals surface area (Å²) in [5.74, 6) is 0.368. The lowest BCUT2D eigenvalue weighted by molar-refractivity contribution is 0.0731. The van der Waals surface area contributed by atoms with Gasteiger partial charge in [0.2, 0.25) is 0 Å². The van der Waals surface area contributed by atoms with E-state index in [-0.39, 0.29) is 23.1 Å². The number of ether oxygens (including phenoxy) is 1. The van der Waals surface area contributed by atoms with Crippen LogP contribution in [0.3, 0.4) is 0 Å². The van der Waals surface area contributed by atoms with Gasteiger partial charge in [0.15, 0.2) is 5.84 Å². The van der Waals surface area contributed by atoms with Gasteiger partial charge in [0.05, 0.1) is 5.56 Å². The Morgan fingerprint density at radius 1 is 1.00 bits per heavy atom. The minimum absolute atomic E-state index is 0. The van der Waals surface area contributed by atoms with Gasteiger partial charge < -0.3 is 10.1 Å². The number of hydrogen-bond donors (Lipinski definition) is 1. The van der Waals surface area contributed by atoms with Crippen molar-refractivity contribution in [2.24, 2.45) is 4.40 Å². The Hall–Kier alpha value is -3.20. The van der Waals surface area contributed by atoms with E-state index in [2.05, 4.69) is 14.6 Å². The zero-order valence-electron chi connectivity index (χ0n) is 19.9. The zero-order valence-corrected chi connectivity index (χ0v) is 21.6. The molecule has 0 radical (unpaired) electrons. The van der Waals surface area contributed by atoms with Gasteiger partial charge in [-0.15, -0.1) is 16.8 Å². The molecule has 36 heavy (non-hydrogen) atoms. The summed E-state index contributed by atoms with van der Waals surface area (Å²) in [5.41, 5.74) is 3.63. The Labute approximate surface area is 217 Å². The highest BCUT2D eigenvalue weighted by molar-refractivity contribution is 7.90. The lowest BCUT2D eigenvalue weighted by Gasteiger charge is -2.27. The van der Waals surface area contributed by atoms with E-state index >= 15 is 0 Å². The first-order valence-corrected chi connectivity index (χ1v) is 13.2. The fraction of sp³-hybridized carbons (Fsp3) is 0.259. The average Bonchev–Trinajstić information content (AvgIpc) is 3.11. The van der Waals surface area contributed by atoms with Gasteiger partial charge in [-0.3, -0.25) is 4.90 Å². The van der Waals surface area contributed by atoms with Crippen LogP contribution in [0.25, 0.3) is 0 Å². The van der Waals surface area contributed by atoms with Gasteiger partial charge in [-0.2, -0.15) is 8.42 Å². The molecule has 1 fully saturated rings. The molecule has 1 saturated heterocycles. The predicted octanol–water partition coefficient (Wildman–Crippen LogP) is 5.18. The number of hydrogen-bond acceptors (Lipinski definition) is 6. The van der Waals surface area contributed by atoms with Crippen LogP contribution in [-0.2, 0) is 16.6 Å². The Morgan fingerprint density at radius 2 is 1.72 bits per heavy atom. The normalized spacial score (nSPS) is 16.4. The van der Waals surface area contributed by atoms with Gasteiger partial charge in [-0.25, -0.2) is 4.79 Å². The van der Waals surface area contributed by atoms with E-state index in [1.54, 1.807) is 48.5 Å². The SMILES string of the molecule is Cc1ccc(C(=O)Oc2ccc(NC3=NS(=O)(=O)c4ccccc43)cc2CN2CCCCC2)cc1.Cl. The number of carbonyl (C=O) groups is 1. The van der Waals surface area contributed by atoms with E-state index in [9.17, 15) is 13.2 Å². The van der Waals surface area contributed by atoms with E-state index < -0.39 is 16.0 Å². The van der Waals surface area contributed by atoms with Crippen LogP contribution in [0, 0.1) is 6.92 Å². The van der Waals surface area contributed by atoms with Gasteiger partial charge >= 0.3 is 5.97 Å². The molecule has 5 rings (SSSR count). The highest BCUT2D eigenvalue weighted by Gasteiger charge is 2.28. The number of halogens is 1. The third-order valence-corrected chi connectivity index (χ3v) is 7.62. The zero-order chi connectivity index (χ0) is 24.4. The molecular weight excluding hydrogens is 498 g/mol. The summed E-state index contributed by atoms with van der Waals surface area (Å²) >= 11 is 0. The molecule has 3 aromatic rings. The van der Waals surface area contributed by atoms with Crippen molar-refractivity contribution < 1.29 is 17.9 Å². The summed E-state index contributed by atoms with van der Waals surface area (Å²) in [6.45, 7) is 4.58. The van der Waals surface area contributed by atoms with Crippen LogP contribution in [0.5, 0.6) is 5.75 Å². The Balaban J connectivity index is 0.00000304. The minimum atomic E-state index is -3.72. The molecule has 0 unspecified atom stereocenters. The molecule has 0 spiro atoms. The molecule has 2 aliphatic rings. The van der Waals surface area contributed by atoms with Crippen molar-refractivity contribution >= 4 is 39.9 Å². The maximum Gasteiger partial charge on any atom is 0.343 e. The number of aryl methyl sites for hydroxylation is 1. The second kappa shape index (κ2) is 10.8. The van der Waals surface area contributed by atoms with E-state index in [1.165, 1.54) is 6.42 Å². The van der Waals surface area contributed by atoms with Crippen molar-refractivity contribution in [1.29, 1.82) is 0 Å². The standard InChI is InChI=1S/C27H27N3O4S.ClH/c1-19-9-11-20(12-10-19)27(31)34-24-14-13-22(17-21(24)18-30-15-5-2-6-16-30)28-26-23-7-3-4-8-25(23)35(32,33)29-26;/h3-4,7-14,17H,2,5-6,15-16,18H2,1H3,(H,28,29);1H. The van der Waals surface area contributed by atoms with E-state index in [0.717, 1.165) is 37.1 Å². The molecule has 2 aliphatic heterocycles. The highest BCUT2D eigenvalue weighted by Crippen LogP contribution is 2.30. The van der Waals surface area contributed by atoms with Crippen LogP contribution in [0.2, 0.25) is 0 Å². The van der Waals surface area contributed by atoms with Crippen molar-refractivity contribution in [2.45, 2.75) is 37.6 Å². The maximum absolute atomic E-state index is 12.8. The molecule has 7 nitrogen and oxygen atoms in total. The molecule has 0 atom stereocenters. The van der Waals surface area contributed by atoms with Gasteiger partial charge in [0, 0.05) is 23.4 Å². The molecule has 1 N–H and O–H groups in total. The largest absolute Gasteiger partial charge is 0.423 e. The Kier molecular flexibility index (Phi) is 7.78. The minimum Gasteiger partial charge on any atom is -0.423 e. The number of likely N-dealkylation sites (tertiary alicyclic amines) is 1. The molecule has 188 valence electrons. The molecule has 3 aromatic carbocycles. The third kappa shape index (κ3) is 5.61. The lowest BCUT2D eigenvalue weighted by atomic mass is 10.1. The van der Waals surface area contributed by atoms with Crippen molar-refractivity contribution in [1.82, 2.24) is 4.90 Å². The summed E-state index contributed by atoms with van der Waals surface area (Å²) in [6, 6.07) is 19.5. The number of fused-ring (bicyclic) bond motifs is 1. The van der Waals surface area contributed by atoms with Gasteiger partial charge in [0.25, 0.3) is 10.0 Å². The number of piperidine rings is 1. The summed E-state index contributed by atoms with van der Waals surface area (Å²) in [4.78, 5) is 15.3. The number of rotatable bonds is 5. The third-order valence-electron chi connectivity index (χ3n) is 6.29. The van der Waals surface area contributed by atoms with E-state index in [0.29, 0.717) is 29.1 Å². The second-order valence-electron chi connectivity index (χ2n) is 8.95. The number of nitrogens with zero attached hydrogens (tertiary/aromatic N) is 2. The van der Waals surface area contributed by atoms with Crippen LogP contribution in [0.4, 0.5) is 5.69 Å². The molecule has 9 heteroatoms. The van der Waals surface area contributed by atoms with Crippen LogP contribution in [0.15, 0.2) is 76.0 Å². The smallest absolute Gasteiger partial charge is 0.343 e. The number of carbonyl (C=O) groups excluding carboxylic acids is 1. The van der Waals surface area contributed by atoms with Crippen molar-refractivity contribution in [3.8, 4) is 5.75 Å². The number of sulfonamides is 1. The fourth-order valence-corrected chi connectivity index (χ4v) is 5.60. The van der Waals surface area contributed by atoms with Crippen molar-refractivity contribution in [2.75, 3.05) is 18.4 Å². The number of anilines is 1.